The van der Waals surface area contributed by atoms with E-state index >= 15 is 0 Å². The van der Waals surface area contributed by atoms with Crippen LogP contribution in [-0.2, 0) is 6.42 Å². The van der Waals surface area contributed by atoms with Crippen molar-refractivity contribution in [1.82, 2.24) is 10.2 Å². The molecule has 1 saturated heterocycles. The van der Waals surface area contributed by atoms with Gasteiger partial charge in [0.05, 0.1) is 0 Å². The number of hydrogen-bond donors (Lipinski definition) is 1. The number of likely N-dealkylation sites (tertiary alicyclic amines) is 1. The van der Waals surface area contributed by atoms with Gasteiger partial charge in [-0.3, -0.25) is 0 Å². The fourth-order valence-electron chi connectivity index (χ4n) is 2.36. The zero-order valence-electron chi connectivity index (χ0n) is 10.6. The Labute approximate surface area is 107 Å². The van der Waals surface area contributed by atoms with Gasteiger partial charge < -0.3 is 10.2 Å². The van der Waals surface area contributed by atoms with Gasteiger partial charge in [0.1, 0.15) is 11.6 Å². The normalized spacial score (nSPS) is 16.3. The zero-order valence-corrected chi connectivity index (χ0v) is 10.6. The van der Waals surface area contributed by atoms with Gasteiger partial charge in [-0.1, -0.05) is 0 Å². The Kier molecular flexibility index (Phi) is 5.08. The summed E-state index contributed by atoms with van der Waals surface area (Å²) in [4.78, 5) is 2.44. The first-order valence-corrected chi connectivity index (χ1v) is 6.62. The molecule has 1 aliphatic rings. The summed E-state index contributed by atoms with van der Waals surface area (Å²) in [6, 6.07) is 3.70. The van der Waals surface area contributed by atoms with Crippen molar-refractivity contribution in [3.63, 3.8) is 0 Å². The van der Waals surface area contributed by atoms with E-state index in [2.05, 4.69) is 10.2 Å². The van der Waals surface area contributed by atoms with Crippen molar-refractivity contribution in [2.24, 2.45) is 0 Å². The monoisotopic (exact) mass is 254 g/mol. The smallest absolute Gasteiger partial charge is 0.126 e. The van der Waals surface area contributed by atoms with Crippen LogP contribution in [0.4, 0.5) is 8.78 Å². The van der Waals surface area contributed by atoms with Crippen LogP contribution in [0.25, 0.3) is 0 Å². The molecule has 0 spiro atoms. The summed E-state index contributed by atoms with van der Waals surface area (Å²) in [7, 11) is 0. The lowest BCUT2D eigenvalue weighted by Gasteiger charge is -2.14. The van der Waals surface area contributed by atoms with E-state index in [0.29, 0.717) is 12.0 Å². The maximum atomic E-state index is 12.9. The van der Waals surface area contributed by atoms with Crippen molar-refractivity contribution in [3.05, 3.63) is 35.4 Å². The lowest BCUT2D eigenvalue weighted by Crippen LogP contribution is -2.30. The number of halogens is 2. The molecule has 0 aromatic heterocycles. The van der Waals surface area contributed by atoms with E-state index in [0.717, 1.165) is 25.7 Å². The molecule has 100 valence electrons. The summed E-state index contributed by atoms with van der Waals surface area (Å²) < 4.78 is 25.9. The third-order valence-corrected chi connectivity index (χ3v) is 3.32. The Balaban J connectivity index is 1.62. The van der Waals surface area contributed by atoms with Gasteiger partial charge in [0.25, 0.3) is 0 Å². The Hall–Kier alpha value is -1.00. The fraction of sp³-hybridized carbons (Fsp3) is 0.571. The predicted octanol–water partition coefficient (Wildman–Crippen LogP) is 2.19. The van der Waals surface area contributed by atoms with E-state index in [4.69, 9.17) is 0 Å². The molecule has 2 nitrogen and oxygen atoms in total. The second kappa shape index (κ2) is 6.81. The summed E-state index contributed by atoms with van der Waals surface area (Å²) in [5.74, 6) is -0.996. The molecule has 0 amide bonds. The van der Waals surface area contributed by atoms with E-state index in [1.54, 1.807) is 0 Å². The summed E-state index contributed by atoms with van der Waals surface area (Å²) in [6.07, 6.45) is 3.28. The topological polar surface area (TPSA) is 15.3 Å². The third-order valence-electron chi connectivity index (χ3n) is 3.32. The molecule has 0 saturated carbocycles. The summed E-state index contributed by atoms with van der Waals surface area (Å²) >= 11 is 0. The van der Waals surface area contributed by atoms with Crippen LogP contribution in [0.2, 0.25) is 0 Å². The van der Waals surface area contributed by atoms with E-state index in [1.165, 1.54) is 38.1 Å². The van der Waals surface area contributed by atoms with Crippen LogP contribution in [0.1, 0.15) is 18.4 Å². The van der Waals surface area contributed by atoms with E-state index in [9.17, 15) is 8.78 Å². The van der Waals surface area contributed by atoms with Gasteiger partial charge in [-0.25, -0.2) is 8.78 Å². The van der Waals surface area contributed by atoms with Crippen LogP contribution < -0.4 is 5.32 Å². The van der Waals surface area contributed by atoms with Crippen LogP contribution in [0, 0.1) is 11.6 Å². The van der Waals surface area contributed by atoms with E-state index in [-0.39, 0.29) is 0 Å². The second-order valence-electron chi connectivity index (χ2n) is 4.83. The van der Waals surface area contributed by atoms with Gasteiger partial charge in [0.2, 0.25) is 0 Å². The number of nitrogens with zero attached hydrogens (tertiary/aromatic N) is 1. The quantitative estimate of drug-likeness (QED) is 0.783. The molecule has 0 bridgehead atoms. The van der Waals surface area contributed by atoms with Crippen molar-refractivity contribution in [1.29, 1.82) is 0 Å². The van der Waals surface area contributed by atoms with Crippen molar-refractivity contribution < 1.29 is 8.78 Å². The van der Waals surface area contributed by atoms with Crippen molar-refractivity contribution in [2.75, 3.05) is 32.7 Å². The Bertz CT molecular complexity index is 356. The summed E-state index contributed by atoms with van der Waals surface area (Å²) in [5, 5.41) is 3.31. The molecule has 1 aromatic rings. The highest BCUT2D eigenvalue weighted by Crippen LogP contribution is 2.08. The number of hydrogen-bond acceptors (Lipinski definition) is 2. The van der Waals surface area contributed by atoms with Crippen molar-refractivity contribution in [3.8, 4) is 0 Å². The fourth-order valence-corrected chi connectivity index (χ4v) is 2.36. The van der Waals surface area contributed by atoms with Gasteiger partial charge >= 0.3 is 0 Å². The van der Waals surface area contributed by atoms with Crippen LogP contribution in [0.5, 0.6) is 0 Å². The molecule has 0 atom stereocenters. The Morgan fingerprint density at radius 1 is 1.00 bits per heavy atom. The van der Waals surface area contributed by atoms with Gasteiger partial charge in [-0.15, -0.1) is 0 Å². The molecule has 2 rings (SSSR count). The van der Waals surface area contributed by atoms with E-state index in [1.807, 2.05) is 0 Å². The molecule has 0 radical (unpaired) electrons. The highest BCUT2D eigenvalue weighted by atomic mass is 19.1. The van der Waals surface area contributed by atoms with Crippen LogP contribution in [-0.4, -0.2) is 37.6 Å². The first-order valence-electron chi connectivity index (χ1n) is 6.62. The highest BCUT2D eigenvalue weighted by Gasteiger charge is 2.09. The molecule has 18 heavy (non-hydrogen) atoms. The minimum Gasteiger partial charge on any atom is -0.315 e. The zero-order chi connectivity index (χ0) is 12.8. The maximum absolute atomic E-state index is 12.9. The number of rotatable bonds is 6. The Morgan fingerprint density at radius 2 is 1.67 bits per heavy atom. The van der Waals surface area contributed by atoms with E-state index < -0.39 is 11.6 Å². The molecular formula is C14H20F2N2. The molecule has 0 unspecified atom stereocenters. The number of nitrogens with one attached hydrogen (secondary N) is 1. The lowest BCUT2D eigenvalue weighted by atomic mass is 10.1. The first-order chi connectivity index (χ1) is 8.74. The summed E-state index contributed by atoms with van der Waals surface area (Å²) in [5.41, 5.74) is 0.709. The van der Waals surface area contributed by atoms with Gasteiger partial charge in [-0.05, 0) is 56.6 Å². The SMILES string of the molecule is Fc1cc(F)cc(CCNCCN2CCCC2)c1. The predicted molar refractivity (Wildman–Crippen MR) is 68.6 cm³/mol. The van der Waals surface area contributed by atoms with Gasteiger partial charge in [0, 0.05) is 19.2 Å². The molecule has 1 fully saturated rings. The van der Waals surface area contributed by atoms with Gasteiger partial charge in [-0.2, -0.15) is 0 Å². The summed E-state index contributed by atoms with van der Waals surface area (Å²) in [6.45, 7) is 5.18. The van der Waals surface area contributed by atoms with Crippen LogP contribution in [0.15, 0.2) is 18.2 Å². The maximum Gasteiger partial charge on any atom is 0.126 e. The Morgan fingerprint density at radius 3 is 2.33 bits per heavy atom. The third kappa shape index (κ3) is 4.35. The molecule has 1 N–H and O–H groups in total. The molecule has 1 aliphatic heterocycles. The van der Waals surface area contributed by atoms with Crippen LogP contribution in [0.3, 0.4) is 0 Å². The highest BCUT2D eigenvalue weighted by molar-refractivity contribution is 5.18. The van der Waals surface area contributed by atoms with Crippen LogP contribution >= 0.6 is 0 Å². The van der Waals surface area contributed by atoms with Gasteiger partial charge in [0.15, 0.2) is 0 Å². The minimum absolute atomic E-state index is 0.498. The van der Waals surface area contributed by atoms with Crippen molar-refractivity contribution >= 4 is 0 Å². The first kappa shape index (κ1) is 13.4. The molecular weight excluding hydrogens is 234 g/mol. The molecule has 0 aliphatic carbocycles. The average Bonchev–Trinajstić information content (AvgIpc) is 2.80. The largest absolute Gasteiger partial charge is 0.315 e. The average molecular weight is 254 g/mol. The van der Waals surface area contributed by atoms with Crippen molar-refractivity contribution in [2.45, 2.75) is 19.3 Å². The second-order valence-corrected chi connectivity index (χ2v) is 4.83. The standard InChI is InChI=1S/C14H20F2N2/c15-13-9-12(10-14(16)11-13)3-4-17-5-8-18-6-1-2-7-18/h9-11,17H,1-8H2. The number of benzene rings is 1. The molecule has 4 heteroatoms. The lowest BCUT2D eigenvalue weighted by molar-refractivity contribution is 0.336. The molecule has 1 heterocycles. The minimum atomic E-state index is -0.498. The molecule has 1 aromatic carbocycles.